The van der Waals surface area contributed by atoms with Crippen molar-refractivity contribution in [3.8, 4) is 78.6 Å². The zero-order valence-corrected chi connectivity index (χ0v) is 46.2. The molecule has 0 N–H and O–H groups in total. The van der Waals surface area contributed by atoms with E-state index in [9.17, 15) is 11.0 Å². The average molecular weight is 1240 g/mol. The first-order valence-electron chi connectivity index (χ1n) is 33.7. The van der Waals surface area contributed by atoms with Crippen LogP contribution in [0, 0.1) is 30.3 Å². The van der Waals surface area contributed by atoms with Crippen molar-refractivity contribution < 1.29 is 43.3 Å². The van der Waals surface area contributed by atoms with Gasteiger partial charge >= 0.3 is 409 Å². The smallest absolute Gasteiger partial charge is 0.0615 e. The number of hydrogen-bond acceptors (Lipinski definition) is 4. The summed E-state index contributed by atoms with van der Waals surface area (Å²) < 4.78 is 138. The fourth-order valence-electron chi connectivity index (χ4n) is 11.5. The Labute approximate surface area is 505 Å². The molecule has 0 saturated carbocycles. The van der Waals surface area contributed by atoms with Gasteiger partial charge in [0, 0.05) is 15.4 Å². The molecule has 14 rings (SSSR count). The van der Waals surface area contributed by atoms with Gasteiger partial charge in [-0.1, -0.05) is 54.0 Å². The van der Waals surface area contributed by atoms with Crippen LogP contribution in [0.15, 0.2) is 243 Å². The van der Waals surface area contributed by atoms with Crippen LogP contribution in [0.5, 0.6) is 11.6 Å². The molecule has 0 saturated heterocycles. The van der Waals surface area contributed by atoms with Gasteiger partial charge in [0.1, 0.15) is 0 Å². The summed E-state index contributed by atoms with van der Waals surface area (Å²) in [6.07, 6.45) is -1.81. The third kappa shape index (κ3) is 8.88. The number of fused-ring (bicyclic) bond motifs is 9. The molecule has 2 aromatic heterocycles. The van der Waals surface area contributed by atoms with Gasteiger partial charge in [-0.15, -0.1) is 0 Å². The van der Waals surface area contributed by atoms with Crippen LogP contribution in [-0.4, -0.2) is 21.1 Å². The zero-order valence-electron chi connectivity index (χ0n) is 58.0. The SMILES string of the molecule is [2H]c1c([2H])c(C([2H])([2H])[2H])c([2H])c2c1B1N(c3cc(C([2H])([2H])[2H])c(-c4ccccc4)c(Oc4cccc(-n5[c](=[Pt])n(-c6c(-c7ccc(-c8ccccc8)cc7)cc(C([2H])([2H])C(C)C)cc6-c6ccc(C([2H])([2H])[2H])cc6)c6ccccc65)c4)n3)c3ccccc3N1c1ccccc1-2. The molecule has 2 aliphatic heterocycles. The number of ether oxygens (including phenoxy) is 1. The molecule has 394 valence electrons. The minimum absolute atomic E-state index is 0.0729. The molecule has 0 fully saturated rings. The van der Waals surface area contributed by atoms with E-state index in [-0.39, 0.29) is 45.2 Å². The van der Waals surface area contributed by atoms with Crippen LogP contribution in [0.1, 0.15) is 55.3 Å². The number of hydrogen-bond donors (Lipinski definition) is 0. The summed E-state index contributed by atoms with van der Waals surface area (Å²) in [5.41, 5.74) is 11.1. The molecule has 0 aliphatic carbocycles. The van der Waals surface area contributed by atoms with E-state index in [2.05, 4.69) is 52.8 Å². The zero-order chi connectivity index (χ0) is 66.8. The summed E-state index contributed by atoms with van der Waals surface area (Å²) in [6.45, 7) is -5.43. The second-order valence-electron chi connectivity index (χ2n) is 20.5. The normalized spacial score (nSPS) is 15.6. The summed E-state index contributed by atoms with van der Waals surface area (Å²) in [5, 5.41) is 0. The van der Waals surface area contributed by atoms with Crippen molar-refractivity contribution >= 4 is 46.4 Å². The first-order chi connectivity index (χ1) is 45.3. The predicted molar refractivity (Wildman–Crippen MR) is 333 cm³/mol. The molecular weight excluding hydrogens is 1170 g/mol. The first kappa shape index (κ1) is 37.0. The Morgan fingerprint density at radius 2 is 1.15 bits per heavy atom. The minimum atomic E-state index is -2.90. The number of pyridine rings is 1. The van der Waals surface area contributed by atoms with E-state index in [1.807, 2.05) is 146 Å². The van der Waals surface area contributed by atoms with Crippen LogP contribution < -0.4 is 19.8 Å². The summed E-state index contributed by atoms with van der Waals surface area (Å²) in [4.78, 5) is 9.07. The number of rotatable bonds is 11. The second kappa shape index (κ2) is 20.6. The molecule has 0 unspecified atom stereocenters. The Hall–Kier alpha value is -9.03. The maximum absolute atomic E-state index is 9.69. The number of benzene rings is 10. The van der Waals surface area contributed by atoms with Gasteiger partial charge in [0.05, 0.1) is 4.11 Å². The van der Waals surface area contributed by atoms with E-state index in [0.29, 0.717) is 60.1 Å². The van der Waals surface area contributed by atoms with Crippen molar-refractivity contribution in [3.05, 3.63) is 269 Å². The summed E-state index contributed by atoms with van der Waals surface area (Å²) >= 11 is 2.31. The Morgan fingerprint density at radius 1 is 0.543 bits per heavy atom. The molecule has 4 heterocycles. The molecule has 81 heavy (non-hydrogen) atoms. The van der Waals surface area contributed by atoms with Crippen LogP contribution in [-0.2, 0) is 25.7 Å². The van der Waals surface area contributed by atoms with Crippen molar-refractivity contribution in [1.82, 2.24) is 14.1 Å². The molecule has 0 spiro atoms. The average Bonchev–Trinajstić information content (AvgIpc) is 1.62. The minimum Gasteiger partial charge on any atom is -0.0615 e. The van der Waals surface area contributed by atoms with Gasteiger partial charge in [0.25, 0.3) is 0 Å². The van der Waals surface area contributed by atoms with E-state index < -0.39 is 63.5 Å². The van der Waals surface area contributed by atoms with Gasteiger partial charge in [-0.3, -0.25) is 0 Å². The van der Waals surface area contributed by atoms with E-state index in [0.717, 1.165) is 33.3 Å². The third-order valence-electron chi connectivity index (χ3n) is 15.0. The van der Waals surface area contributed by atoms with Crippen molar-refractivity contribution in [1.29, 1.82) is 0 Å². The number of nitrogens with zero attached hydrogens (tertiary/aromatic N) is 5. The molecule has 2 aliphatic rings. The molecule has 10 aromatic carbocycles. The van der Waals surface area contributed by atoms with E-state index in [4.69, 9.17) is 17.9 Å². The summed E-state index contributed by atoms with van der Waals surface area (Å²) in [6, 6.07) is 67.9. The van der Waals surface area contributed by atoms with Crippen LogP contribution in [0.2, 0.25) is 0 Å². The number of anilines is 4. The van der Waals surface area contributed by atoms with Gasteiger partial charge in [0.2, 0.25) is 0 Å². The van der Waals surface area contributed by atoms with Crippen LogP contribution >= 0.6 is 0 Å². The van der Waals surface area contributed by atoms with Crippen LogP contribution in [0.3, 0.4) is 0 Å². The molecule has 8 heteroatoms. The Kier molecular flexibility index (Phi) is 9.40. The summed E-state index contributed by atoms with van der Waals surface area (Å²) in [7, 11) is 0. The predicted octanol–water partition coefficient (Wildman–Crippen LogP) is 18.1. The Morgan fingerprint density at radius 3 is 1.84 bits per heavy atom. The molecule has 12 aromatic rings. The number of aryl methyl sites for hydroxylation is 2. The van der Waals surface area contributed by atoms with E-state index >= 15 is 0 Å². The van der Waals surface area contributed by atoms with Gasteiger partial charge in [0.15, 0.2) is 0 Å². The van der Waals surface area contributed by atoms with Crippen LogP contribution in [0.4, 0.5) is 22.9 Å². The van der Waals surface area contributed by atoms with Crippen LogP contribution in [0.25, 0.3) is 78.0 Å². The van der Waals surface area contributed by atoms with Crippen molar-refractivity contribution in [3.63, 3.8) is 0 Å². The van der Waals surface area contributed by atoms with Gasteiger partial charge < -0.3 is 0 Å². The van der Waals surface area contributed by atoms with Crippen molar-refractivity contribution in [2.24, 2.45) is 5.92 Å². The number of imidazole rings is 1. The molecule has 0 bridgehead atoms. The van der Waals surface area contributed by atoms with Gasteiger partial charge in [-0.05, 0) is 24.5 Å². The van der Waals surface area contributed by atoms with Crippen molar-refractivity contribution in [2.75, 3.05) is 9.62 Å². The standard InChI is InChI=1S/C73H58BN5O.Pt/c1-48(2)41-52-44-61(55-34-31-49(3)32-35-55)72(62(45-52)56-38-36-54(37-39-56)53-19-8-6-9-20-53)77-47-76(66-27-14-15-28-67(66)77)58-23-18-24-59(46-58)80-73-71(57-21-10-7-11-22-57)51(5)43-70(75-73)79-69-30-17-16-29-68(69)78-65-26-13-12-25-60(65)63-42-50(4)33-40-64(63)74(78)79;/h6-40,42-46,48H,41H2,1-5H3;/i3D3,4D3,5D3,33D,40D,41D2,42D;. The van der Waals surface area contributed by atoms with Crippen molar-refractivity contribution in [2.45, 2.75) is 40.8 Å². The Bertz CT molecular complexity index is 5090. The fourth-order valence-corrected chi connectivity index (χ4v) is 12.6. The number of para-hydroxylation sites is 5. The summed E-state index contributed by atoms with van der Waals surface area (Å²) in [5.74, 6) is -0.130. The molecule has 0 radical (unpaired) electrons. The molecular formula is C73H58BN5OPt. The number of aromatic nitrogens is 3. The quantitative estimate of drug-likeness (QED) is 0.121. The molecule has 0 atom stereocenters. The topological polar surface area (TPSA) is 38.5 Å². The monoisotopic (exact) mass is 1240 g/mol. The first-order valence-corrected chi connectivity index (χ1v) is 27.9. The third-order valence-corrected chi connectivity index (χ3v) is 16.0. The Balaban J connectivity index is 0.974. The molecule has 6 nitrogen and oxygen atoms in total. The van der Waals surface area contributed by atoms with E-state index in [1.165, 1.54) is 6.07 Å². The van der Waals surface area contributed by atoms with E-state index in [1.54, 1.807) is 71.5 Å². The van der Waals surface area contributed by atoms with Gasteiger partial charge in [-0.2, -0.15) is 0 Å². The van der Waals surface area contributed by atoms with Gasteiger partial charge in [-0.25, -0.2) is 0 Å². The molecule has 0 amide bonds. The second-order valence-corrected chi connectivity index (χ2v) is 21.5. The fraction of sp³-hybridized carbons (Fsp3) is 0.0959. The maximum atomic E-state index is 9.69.